The Kier molecular flexibility index (Phi) is 5.41. The van der Waals surface area contributed by atoms with E-state index in [2.05, 4.69) is 9.72 Å². The van der Waals surface area contributed by atoms with Gasteiger partial charge in [0.15, 0.2) is 5.69 Å². The van der Waals surface area contributed by atoms with Crippen molar-refractivity contribution < 1.29 is 18.7 Å². The van der Waals surface area contributed by atoms with Gasteiger partial charge in [-0.3, -0.25) is 0 Å². The molecule has 0 aliphatic heterocycles. The second kappa shape index (κ2) is 7.29. The molecule has 2 amide bonds. The summed E-state index contributed by atoms with van der Waals surface area (Å²) in [4.78, 5) is 31.3. The van der Waals surface area contributed by atoms with Crippen LogP contribution in [0, 0.1) is 0 Å². The molecule has 1 aliphatic carbocycles. The summed E-state index contributed by atoms with van der Waals surface area (Å²) >= 11 is 0. The second-order valence-electron chi connectivity index (χ2n) is 5.71. The van der Waals surface area contributed by atoms with Gasteiger partial charge in [0.1, 0.15) is 6.26 Å². The van der Waals surface area contributed by atoms with E-state index in [1.54, 1.807) is 23.9 Å². The number of amides is 2. The number of rotatable bonds is 4. The van der Waals surface area contributed by atoms with Crippen LogP contribution in [0.2, 0.25) is 0 Å². The van der Waals surface area contributed by atoms with Crippen molar-refractivity contribution in [3.63, 3.8) is 0 Å². The number of aromatic nitrogens is 1. The number of carbonyl (C=O) groups is 2. The number of esters is 1. The van der Waals surface area contributed by atoms with E-state index in [0.29, 0.717) is 5.89 Å². The third-order valence-electron chi connectivity index (χ3n) is 3.90. The molecule has 7 heteroatoms. The fraction of sp³-hybridized carbons (Fsp3) is 0.667. The van der Waals surface area contributed by atoms with Gasteiger partial charge in [-0.25, -0.2) is 14.6 Å². The van der Waals surface area contributed by atoms with Crippen molar-refractivity contribution in [2.75, 3.05) is 21.2 Å². The lowest BCUT2D eigenvalue weighted by molar-refractivity contribution is 0.0594. The van der Waals surface area contributed by atoms with Gasteiger partial charge in [-0.05, 0) is 12.8 Å². The molecular formula is C15H23N3O4. The Balaban J connectivity index is 2.13. The normalized spacial score (nSPS) is 15.4. The predicted molar refractivity (Wildman–Crippen MR) is 79.3 cm³/mol. The lowest BCUT2D eigenvalue weighted by Gasteiger charge is -2.35. The summed E-state index contributed by atoms with van der Waals surface area (Å²) in [6.45, 7) is 0.263. The summed E-state index contributed by atoms with van der Waals surface area (Å²) < 4.78 is 9.92. The minimum atomic E-state index is -0.543. The molecule has 1 fully saturated rings. The van der Waals surface area contributed by atoms with Gasteiger partial charge in [0.05, 0.1) is 13.7 Å². The lowest BCUT2D eigenvalue weighted by Crippen LogP contribution is -2.46. The van der Waals surface area contributed by atoms with Crippen LogP contribution in [-0.2, 0) is 11.3 Å². The molecule has 0 bridgehead atoms. The Hall–Kier alpha value is -2.05. The van der Waals surface area contributed by atoms with Crippen LogP contribution in [0.4, 0.5) is 4.79 Å². The third kappa shape index (κ3) is 3.78. The molecule has 1 aromatic heterocycles. The van der Waals surface area contributed by atoms with Gasteiger partial charge in [0.2, 0.25) is 5.89 Å². The van der Waals surface area contributed by atoms with E-state index in [9.17, 15) is 9.59 Å². The first-order valence-electron chi connectivity index (χ1n) is 7.53. The summed E-state index contributed by atoms with van der Waals surface area (Å²) in [6.07, 6.45) is 6.71. The predicted octanol–water partition coefficient (Wildman–Crippen LogP) is 2.28. The van der Waals surface area contributed by atoms with Crippen molar-refractivity contribution in [3.8, 4) is 0 Å². The largest absolute Gasteiger partial charge is 0.464 e. The van der Waals surface area contributed by atoms with E-state index < -0.39 is 5.97 Å². The molecule has 0 atom stereocenters. The first-order valence-corrected chi connectivity index (χ1v) is 7.53. The Bertz CT molecular complexity index is 521. The van der Waals surface area contributed by atoms with Gasteiger partial charge >= 0.3 is 12.0 Å². The molecule has 1 saturated carbocycles. The van der Waals surface area contributed by atoms with Crippen LogP contribution in [0.25, 0.3) is 0 Å². The van der Waals surface area contributed by atoms with Gasteiger partial charge < -0.3 is 19.0 Å². The van der Waals surface area contributed by atoms with Gasteiger partial charge in [0.25, 0.3) is 0 Å². The number of methoxy groups -OCH3 is 1. The van der Waals surface area contributed by atoms with E-state index in [-0.39, 0.29) is 24.3 Å². The maximum atomic E-state index is 12.4. The zero-order valence-electron chi connectivity index (χ0n) is 13.4. The highest BCUT2D eigenvalue weighted by molar-refractivity contribution is 5.86. The fourth-order valence-corrected chi connectivity index (χ4v) is 2.73. The summed E-state index contributed by atoms with van der Waals surface area (Å²) in [5, 5.41) is 0. The van der Waals surface area contributed by atoms with Gasteiger partial charge in [-0.2, -0.15) is 0 Å². The topological polar surface area (TPSA) is 75.9 Å². The molecule has 7 nitrogen and oxygen atoms in total. The highest BCUT2D eigenvalue weighted by atomic mass is 16.5. The van der Waals surface area contributed by atoms with Crippen molar-refractivity contribution >= 4 is 12.0 Å². The SMILES string of the molecule is COC(=O)c1coc(CN(C(=O)N(C)C)C2CCCCC2)n1. The summed E-state index contributed by atoms with van der Waals surface area (Å²) in [5.41, 5.74) is 0.124. The van der Waals surface area contributed by atoms with E-state index in [4.69, 9.17) is 4.42 Å². The van der Waals surface area contributed by atoms with Gasteiger partial charge in [0, 0.05) is 20.1 Å². The number of hydrogen-bond acceptors (Lipinski definition) is 5. The highest BCUT2D eigenvalue weighted by Gasteiger charge is 2.28. The first-order chi connectivity index (χ1) is 10.5. The molecule has 1 aliphatic rings. The number of oxazole rings is 1. The summed E-state index contributed by atoms with van der Waals surface area (Å²) in [6, 6.07) is 0.127. The average Bonchev–Trinajstić information content (AvgIpc) is 3.00. The maximum Gasteiger partial charge on any atom is 0.360 e. The van der Waals surface area contributed by atoms with Crippen molar-refractivity contribution in [2.24, 2.45) is 0 Å². The van der Waals surface area contributed by atoms with Crippen LogP contribution < -0.4 is 0 Å². The summed E-state index contributed by atoms with van der Waals surface area (Å²) in [5.74, 6) is -0.195. The number of nitrogens with zero attached hydrogens (tertiary/aromatic N) is 3. The molecule has 2 rings (SSSR count). The molecule has 22 heavy (non-hydrogen) atoms. The number of ether oxygens (including phenoxy) is 1. The average molecular weight is 309 g/mol. The van der Waals surface area contributed by atoms with Crippen molar-refractivity contribution in [1.82, 2.24) is 14.8 Å². The molecule has 0 unspecified atom stereocenters. The highest BCUT2D eigenvalue weighted by Crippen LogP contribution is 2.24. The monoisotopic (exact) mass is 309 g/mol. The molecule has 0 N–H and O–H groups in total. The van der Waals surface area contributed by atoms with Crippen LogP contribution in [0.3, 0.4) is 0 Å². The van der Waals surface area contributed by atoms with Crippen LogP contribution in [0.15, 0.2) is 10.7 Å². The minimum Gasteiger partial charge on any atom is -0.464 e. The van der Waals surface area contributed by atoms with E-state index >= 15 is 0 Å². The van der Waals surface area contributed by atoms with Crippen LogP contribution in [0.1, 0.15) is 48.5 Å². The van der Waals surface area contributed by atoms with Crippen LogP contribution in [0.5, 0.6) is 0 Å². The van der Waals surface area contributed by atoms with Crippen molar-refractivity contribution in [2.45, 2.75) is 44.7 Å². The quantitative estimate of drug-likeness (QED) is 0.798. The molecule has 1 aromatic rings. The Labute approximate surface area is 130 Å². The molecule has 0 radical (unpaired) electrons. The molecule has 1 heterocycles. The standard InChI is InChI=1S/C15H23N3O4/c1-17(2)15(20)18(11-7-5-4-6-8-11)9-13-16-12(10-22-13)14(19)21-3/h10-11H,4-9H2,1-3H3. The van der Waals surface area contributed by atoms with Crippen molar-refractivity contribution in [3.05, 3.63) is 17.8 Å². The van der Waals surface area contributed by atoms with Crippen molar-refractivity contribution in [1.29, 1.82) is 0 Å². The minimum absolute atomic E-state index is 0.0651. The van der Waals surface area contributed by atoms with E-state index in [1.165, 1.54) is 19.8 Å². The molecule has 122 valence electrons. The van der Waals surface area contributed by atoms with Crippen LogP contribution in [-0.4, -0.2) is 54.0 Å². The molecule has 0 aromatic carbocycles. The zero-order chi connectivity index (χ0) is 16.1. The maximum absolute atomic E-state index is 12.4. The fourth-order valence-electron chi connectivity index (χ4n) is 2.73. The summed E-state index contributed by atoms with van der Waals surface area (Å²) in [7, 11) is 4.75. The Morgan fingerprint density at radius 2 is 2.00 bits per heavy atom. The van der Waals surface area contributed by atoms with Gasteiger partial charge in [-0.1, -0.05) is 19.3 Å². The smallest absolute Gasteiger partial charge is 0.360 e. The molecule has 0 saturated heterocycles. The first kappa shape index (κ1) is 16.3. The third-order valence-corrected chi connectivity index (χ3v) is 3.90. The Morgan fingerprint density at radius 1 is 1.32 bits per heavy atom. The zero-order valence-corrected chi connectivity index (χ0v) is 13.4. The molecule has 0 spiro atoms. The lowest BCUT2D eigenvalue weighted by atomic mass is 9.94. The van der Waals surface area contributed by atoms with Crippen LogP contribution >= 0.6 is 0 Å². The van der Waals surface area contributed by atoms with E-state index in [1.807, 2.05) is 0 Å². The van der Waals surface area contributed by atoms with E-state index in [0.717, 1.165) is 25.7 Å². The molecular weight excluding hydrogens is 286 g/mol. The van der Waals surface area contributed by atoms with Gasteiger partial charge in [-0.15, -0.1) is 0 Å². The Morgan fingerprint density at radius 3 is 2.59 bits per heavy atom. The second-order valence-corrected chi connectivity index (χ2v) is 5.71. The number of urea groups is 1. The number of carbonyl (C=O) groups excluding carboxylic acids is 2. The number of hydrogen-bond donors (Lipinski definition) is 0.